The van der Waals surface area contributed by atoms with Crippen LogP contribution in [0.5, 0.6) is 0 Å². The Hall–Kier alpha value is -7.36. The van der Waals surface area contributed by atoms with Gasteiger partial charge in [-0.05, 0) is 131 Å². The average molecular weight is 825 g/mol. The van der Waals surface area contributed by atoms with E-state index in [2.05, 4.69) is 210 Å². The summed E-state index contributed by atoms with van der Waals surface area (Å²) in [6, 6.07) is 54.6. The quantitative estimate of drug-likeness (QED) is 0.160. The molecule has 1 heterocycles. The molecule has 0 amide bonds. The van der Waals surface area contributed by atoms with E-state index in [9.17, 15) is 0 Å². The molecule has 0 N–H and O–H groups in total. The number of hydrogen-bond acceptors (Lipinski definition) is 3. The highest BCUT2D eigenvalue weighted by Gasteiger charge is 2.52. The van der Waals surface area contributed by atoms with Gasteiger partial charge in [0.05, 0.1) is 11.1 Å². The third-order valence-corrected chi connectivity index (χ3v) is 14.5. The van der Waals surface area contributed by atoms with Crippen LogP contribution in [0.2, 0.25) is 0 Å². The van der Waals surface area contributed by atoms with Crippen LogP contribution in [0.4, 0.5) is 17.1 Å². The van der Waals surface area contributed by atoms with Gasteiger partial charge >= 0.3 is 0 Å². The molecule has 2 unspecified atom stereocenters. The molecule has 2 atom stereocenters. The summed E-state index contributed by atoms with van der Waals surface area (Å²) in [4.78, 5) is 4.92. The molecular formula is C61H48N2O. The molecule has 6 aliphatic carbocycles. The zero-order chi connectivity index (χ0) is 42.2. The molecule has 13 rings (SSSR count). The predicted octanol–water partition coefficient (Wildman–Crippen LogP) is 15.4. The lowest BCUT2D eigenvalue weighted by Crippen LogP contribution is -2.26. The van der Waals surface area contributed by atoms with Gasteiger partial charge < -0.3 is 14.2 Å². The van der Waals surface area contributed by atoms with E-state index in [-0.39, 0.29) is 5.92 Å². The van der Waals surface area contributed by atoms with Crippen molar-refractivity contribution in [2.45, 2.75) is 56.3 Å². The number of rotatable bonds is 7. The van der Waals surface area contributed by atoms with Gasteiger partial charge in [0.15, 0.2) is 0 Å². The minimum atomic E-state index is -0.487. The Kier molecular flexibility index (Phi) is 8.66. The lowest BCUT2D eigenvalue weighted by Gasteiger charge is -2.34. The number of hydrogen-bond donors (Lipinski definition) is 0. The maximum Gasteiger partial charge on any atom is 0.114 e. The van der Waals surface area contributed by atoms with Gasteiger partial charge in [-0.25, -0.2) is 0 Å². The van der Waals surface area contributed by atoms with Crippen molar-refractivity contribution in [2.24, 2.45) is 0 Å². The van der Waals surface area contributed by atoms with Crippen molar-refractivity contribution in [3.8, 4) is 22.3 Å². The number of allylic oxidation sites excluding steroid dienone is 8. The van der Waals surface area contributed by atoms with Crippen LogP contribution in [0.25, 0.3) is 34.0 Å². The molecule has 6 aliphatic rings. The van der Waals surface area contributed by atoms with Crippen molar-refractivity contribution < 1.29 is 4.42 Å². The minimum Gasteiger partial charge on any atom is -0.465 e. The largest absolute Gasteiger partial charge is 0.465 e. The number of benzene rings is 6. The molecule has 1 spiro atoms. The van der Waals surface area contributed by atoms with Gasteiger partial charge in [-0.15, -0.1) is 0 Å². The van der Waals surface area contributed by atoms with E-state index in [4.69, 9.17) is 4.42 Å². The Morgan fingerprint density at radius 2 is 1.16 bits per heavy atom. The van der Waals surface area contributed by atoms with Gasteiger partial charge in [0.2, 0.25) is 0 Å². The van der Waals surface area contributed by atoms with Crippen molar-refractivity contribution in [1.29, 1.82) is 0 Å². The number of anilines is 3. The zero-order valence-corrected chi connectivity index (χ0v) is 35.9. The molecule has 0 saturated heterocycles. The average Bonchev–Trinajstić information content (AvgIpc) is 4.00. The zero-order valence-electron chi connectivity index (χ0n) is 35.9. The number of furan rings is 1. The molecule has 7 aromatic rings. The van der Waals surface area contributed by atoms with E-state index in [1.807, 2.05) is 0 Å². The molecule has 3 heteroatoms. The summed E-state index contributed by atoms with van der Waals surface area (Å²) in [6.45, 7) is 0. The fourth-order valence-electron chi connectivity index (χ4n) is 11.9. The summed E-state index contributed by atoms with van der Waals surface area (Å²) in [5, 5.41) is 0. The van der Waals surface area contributed by atoms with Crippen LogP contribution in [0, 0.1) is 0 Å². The molecule has 3 nitrogen and oxygen atoms in total. The van der Waals surface area contributed by atoms with Crippen LogP contribution in [0.15, 0.2) is 210 Å². The van der Waals surface area contributed by atoms with Gasteiger partial charge in [0.25, 0.3) is 0 Å². The lowest BCUT2D eigenvalue weighted by atomic mass is 9.70. The minimum absolute atomic E-state index is 0.230. The molecule has 308 valence electrons. The first kappa shape index (κ1) is 37.2. The first-order chi connectivity index (χ1) is 31.8. The smallest absolute Gasteiger partial charge is 0.114 e. The third-order valence-electron chi connectivity index (χ3n) is 14.5. The van der Waals surface area contributed by atoms with Gasteiger partial charge in [-0.1, -0.05) is 152 Å². The van der Waals surface area contributed by atoms with E-state index in [0.717, 1.165) is 67.8 Å². The maximum absolute atomic E-state index is 6.64. The number of fused-ring (bicyclic) bond motifs is 13. The Balaban J connectivity index is 0.969. The highest BCUT2D eigenvalue weighted by Crippen LogP contribution is 2.64. The SMILES string of the molecule is C1=CC(N(C2=CCC(c3cccc4c3-c3ccccc3C43c4ccccc4-c4ccc(N(C5=CCCc6oc7c(c65)C=CCC7)c5ccccc5)cc43)C=C2)c2ccccc2)=CCC1. The van der Waals surface area contributed by atoms with E-state index >= 15 is 0 Å². The van der Waals surface area contributed by atoms with Gasteiger partial charge in [0.1, 0.15) is 11.5 Å². The lowest BCUT2D eigenvalue weighted by molar-refractivity contribution is 0.462. The highest BCUT2D eigenvalue weighted by molar-refractivity contribution is 5.99. The molecule has 0 aliphatic heterocycles. The summed E-state index contributed by atoms with van der Waals surface area (Å²) in [7, 11) is 0. The van der Waals surface area contributed by atoms with E-state index < -0.39 is 5.41 Å². The maximum atomic E-state index is 6.64. The first-order valence-corrected chi connectivity index (χ1v) is 23.2. The molecule has 0 bridgehead atoms. The topological polar surface area (TPSA) is 19.6 Å². The van der Waals surface area contributed by atoms with Crippen LogP contribution in [-0.4, -0.2) is 0 Å². The highest BCUT2D eigenvalue weighted by atomic mass is 16.3. The molecule has 1 aromatic heterocycles. The van der Waals surface area contributed by atoms with Crippen LogP contribution in [0.3, 0.4) is 0 Å². The predicted molar refractivity (Wildman–Crippen MR) is 264 cm³/mol. The van der Waals surface area contributed by atoms with Crippen LogP contribution in [0.1, 0.15) is 88.5 Å². The summed E-state index contributed by atoms with van der Waals surface area (Å²) in [6.07, 6.45) is 28.2. The molecule has 64 heavy (non-hydrogen) atoms. The molecular weight excluding hydrogens is 777 g/mol. The van der Waals surface area contributed by atoms with Crippen LogP contribution in [-0.2, 0) is 18.3 Å². The fourth-order valence-corrected chi connectivity index (χ4v) is 11.9. The third kappa shape index (κ3) is 5.53. The van der Waals surface area contributed by atoms with Crippen LogP contribution >= 0.6 is 0 Å². The molecule has 0 saturated carbocycles. The first-order valence-electron chi connectivity index (χ1n) is 23.2. The Labute approximate surface area is 376 Å². The Morgan fingerprint density at radius 3 is 1.94 bits per heavy atom. The van der Waals surface area contributed by atoms with Crippen molar-refractivity contribution in [1.82, 2.24) is 0 Å². The number of nitrogens with zero attached hydrogens (tertiary/aromatic N) is 2. The van der Waals surface area contributed by atoms with Gasteiger partial charge in [-0.3, -0.25) is 0 Å². The normalized spacial score (nSPS) is 19.4. The number of para-hydroxylation sites is 2. The summed E-state index contributed by atoms with van der Waals surface area (Å²) in [5.74, 6) is 2.47. The second-order valence-electron chi connectivity index (χ2n) is 17.9. The van der Waals surface area contributed by atoms with Gasteiger partial charge in [-0.2, -0.15) is 0 Å². The Morgan fingerprint density at radius 1 is 0.469 bits per heavy atom. The molecule has 0 fully saturated rings. The number of aryl methyl sites for hydroxylation is 2. The summed E-state index contributed by atoms with van der Waals surface area (Å²) < 4.78 is 6.64. The van der Waals surface area contributed by atoms with Crippen molar-refractivity contribution in [3.63, 3.8) is 0 Å². The monoisotopic (exact) mass is 824 g/mol. The second kappa shape index (κ2) is 14.9. The van der Waals surface area contributed by atoms with E-state index in [0.29, 0.717) is 0 Å². The fraction of sp³-hybridized carbons (Fsp3) is 0.148. The summed E-state index contributed by atoms with van der Waals surface area (Å²) in [5.41, 5.74) is 21.4. The van der Waals surface area contributed by atoms with Gasteiger partial charge in [0, 0.05) is 58.3 Å². The van der Waals surface area contributed by atoms with E-state index in [1.54, 1.807) is 0 Å². The van der Waals surface area contributed by atoms with Crippen LogP contribution < -0.4 is 9.80 Å². The van der Waals surface area contributed by atoms with E-state index in [1.165, 1.54) is 84.0 Å². The Bertz CT molecular complexity index is 3210. The summed E-state index contributed by atoms with van der Waals surface area (Å²) >= 11 is 0. The van der Waals surface area contributed by atoms with Crippen molar-refractivity contribution in [2.75, 3.05) is 9.80 Å². The van der Waals surface area contributed by atoms with Crippen molar-refractivity contribution in [3.05, 3.63) is 256 Å². The second-order valence-corrected chi connectivity index (χ2v) is 17.9. The molecule has 0 radical (unpaired) electrons. The molecule has 6 aromatic carbocycles. The standard InChI is InChI=1S/C61H48N2O/c1-4-18-42(19-5-1)62(43-20-6-2-7-21-43)45-36-34-41(35-37-45)47-27-16-30-54-59(47)50-25-11-14-29-53(50)61(54)52-28-13-10-24-48(52)49-39-38-46(40-55(49)61)63(44-22-8-3-9-23-44)56-31-17-33-58-60(56)51-26-12-15-32-57(51)64-58/h1,3-6,8-14,16,18-31,34,36-41H,2,7,15,17,32-33,35H2. The van der Waals surface area contributed by atoms with Crippen molar-refractivity contribution >= 4 is 28.8 Å².